The van der Waals surface area contributed by atoms with Crippen LogP contribution < -0.4 is 10.6 Å². The molecule has 1 heterocycles. The molecule has 21 heavy (non-hydrogen) atoms. The number of anilines is 2. The van der Waals surface area contributed by atoms with Gasteiger partial charge in [0.15, 0.2) is 0 Å². The van der Waals surface area contributed by atoms with Crippen LogP contribution in [-0.4, -0.2) is 12.0 Å². The summed E-state index contributed by atoms with van der Waals surface area (Å²) in [4.78, 5) is 6.72. The highest BCUT2D eigenvalue weighted by Gasteiger charge is 2.18. The van der Waals surface area contributed by atoms with Crippen molar-refractivity contribution in [3.63, 3.8) is 0 Å². The van der Waals surface area contributed by atoms with Gasteiger partial charge < -0.3 is 10.6 Å². The van der Waals surface area contributed by atoms with Gasteiger partial charge in [0.25, 0.3) is 0 Å². The molecule has 0 atom stereocenters. The third kappa shape index (κ3) is 2.55. The number of para-hydroxylation sites is 1. The standard InChI is InChI=1S/C17H18N4/c1-21(11-13-5-2-3-7-15(13)19)17-14(10-18)9-12-6-4-8-16(12)20-17/h2-3,5,7,9H,4,6,8,11,19H2,1H3. The molecule has 0 aliphatic heterocycles. The van der Waals surface area contributed by atoms with Crippen LogP contribution in [0.4, 0.5) is 11.5 Å². The first-order chi connectivity index (χ1) is 10.2. The lowest BCUT2D eigenvalue weighted by molar-refractivity contribution is 0.873. The number of aryl methyl sites for hydroxylation is 2. The van der Waals surface area contributed by atoms with E-state index < -0.39 is 0 Å². The Morgan fingerprint density at radius 3 is 2.90 bits per heavy atom. The fraction of sp³-hybridized carbons (Fsp3) is 0.294. The van der Waals surface area contributed by atoms with Gasteiger partial charge in [-0.1, -0.05) is 18.2 Å². The highest BCUT2D eigenvalue weighted by molar-refractivity contribution is 5.58. The van der Waals surface area contributed by atoms with Crippen LogP contribution in [0.3, 0.4) is 0 Å². The summed E-state index contributed by atoms with van der Waals surface area (Å²) in [7, 11) is 1.96. The van der Waals surface area contributed by atoms with Gasteiger partial charge in [-0.05, 0) is 42.5 Å². The van der Waals surface area contributed by atoms with Crippen LogP contribution in [-0.2, 0) is 19.4 Å². The van der Waals surface area contributed by atoms with E-state index in [1.165, 1.54) is 5.56 Å². The number of hydrogen-bond acceptors (Lipinski definition) is 4. The van der Waals surface area contributed by atoms with Gasteiger partial charge in [-0.25, -0.2) is 4.98 Å². The first-order valence-corrected chi connectivity index (χ1v) is 7.16. The molecule has 1 aromatic carbocycles. The third-order valence-electron chi connectivity index (χ3n) is 3.98. The minimum absolute atomic E-state index is 0.646. The normalized spacial score (nSPS) is 12.8. The van der Waals surface area contributed by atoms with Crippen LogP contribution in [0.15, 0.2) is 30.3 Å². The van der Waals surface area contributed by atoms with Crippen LogP contribution in [0.25, 0.3) is 0 Å². The van der Waals surface area contributed by atoms with Gasteiger partial charge in [-0.2, -0.15) is 5.26 Å². The van der Waals surface area contributed by atoms with Crippen LogP contribution >= 0.6 is 0 Å². The maximum atomic E-state index is 9.38. The van der Waals surface area contributed by atoms with Gasteiger partial charge in [-0.15, -0.1) is 0 Å². The van der Waals surface area contributed by atoms with Gasteiger partial charge in [0.05, 0.1) is 5.56 Å². The summed E-state index contributed by atoms with van der Waals surface area (Å²) in [5.74, 6) is 0.751. The van der Waals surface area contributed by atoms with E-state index in [0.717, 1.165) is 42.0 Å². The van der Waals surface area contributed by atoms with Gasteiger partial charge in [-0.3, -0.25) is 0 Å². The number of nitriles is 1. The first kappa shape index (κ1) is 13.4. The molecule has 0 spiro atoms. The lowest BCUT2D eigenvalue weighted by Gasteiger charge is -2.21. The molecule has 0 unspecified atom stereocenters. The number of benzene rings is 1. The van der Waals surface area contributed by atoms with Crippen LogP contribution in [0.1, 0.15) is 28.8 Å². The van der Waals surface area contributed by atoms with Crippen molar-refractivity contribution in [1.82, 2.24) is 4.98 Å². The number of pyridine rings is 1. The molecule has 1 aliphatic rings. The zero-order chi connectivity index (χ0) is 14.8. The molecule has 2 N–H and O–H groups in total. The lowest BCUT2D eigenvalue weighted by Crippen LogP contribution is -2.20. The van der Waals surface area contributed by atoms with Crippen molar-refractivity contribution in [1.29, 1.82) is 5.26 Å². The van der Waals surface area contributed by atoms with Gasteiger partial charge in [0.1, 0.15) is 11.9 Å². The number of nitrogens with two attached hydrogens (primary N) is 1. The zero-order valence-corrected chi connectivity index (χ0v) is 12.1. The number of fused-ring (bicyclic) bond motifs is 1. The quantitative estimate of drug-likeness (QED) is 0.877. The SMILES string of the molecule is CN(Cc1ccccc1N)c1nc2c(cc1C#N)CCC2. The average molecular weight is 278 g/mol. The minimum Gasteiger partial charge on any atom is -0.398 e. The van der Waals surface area contributed by atoms with Crippen molar-refractivity contribution in [3.05, 3.63) is 52.7 Å². The fourth-order valence-electron chi connectivity index (χ4n) is 2.84. The van der Waals surface area contributed by atoms with Crippen molar-refractivity contribution in [2.24, 2.45) is 0 Å². The Hall–Kier alpha value is -2.54. The predicted octanol–water partition coefficient (Wildman–Crippen LogP) is 2.66. The largest absolute Gasteiger partial charge is 0.398 e. The van der Waals surface area contributed by atoms with Gasteiger partial charge in [0.2, 0.25) is 0 Å². The van der Waals surface area contributed by atoms with E-state index in [1.807, 2.05) is 42.3 Å². The second-order valence-electron chi connectivity index (χ2n) is 5.49. The van der Waals surface area contributed by atoms with E-state index in [-0.39, 0.29) is 0 Å². The highest BCUT2D eigenvalue weighted by Crippen LogP contribution is 2.27. The summed E-state index contributed by atoms with van der Waals surface area (Å²) >= 11 is 0. The smallest absolute Gasteiger partial charge is 0.146 e. The number of nitrogens with zero attached hydrogens (tertiary/aromatic N) is 3. The van der Waals surface area contributed by atoms with Crippen LogP contribution in [0.2, 0.25) is 0 Å². The Morgan fingerprint density at radius 2 is 2.14 bits per heavy atom. The van der Waals surface area contributed by atoms with Crippen molar-refractivity contribution in [2.45, 2.75) is 25.8 Å². The Bertz CT molecular complexity index is 715. The van der Waals surface area contributed by atoms with Crippen molar-refractivity contribution in [3.8, 4) is 6.07 Å². The molecule has 4 nitrogen and oxygen atoms in total. The Kier molecular flexibility index (Phi) is 3.49. The molecule has 106 valence electrons. The summed E-state index contributed by atoms with van der Waals surface area (Å²) in [6, 6.07) is 12.1. The maximum Gasteiger partial charge on any atom is 0.146 e. The van der Waals surface area contributed by atoms with E-state index >= 15 is 0 Å². The minimum atomic E-state index is 0.646. The Labute approximate surface area is 124 Å². The van der Waals surface area contributed by atoms with E-state index in [4.69, 9.17) is 10.7 Å². The Morgan fingerprint density at radius 1 is 1.33 bits per heavy atom. The fourth-order valence-corrected chi connectivity index (χ4v) is 2.84. The lowest BCUT2D eigenvalue weighted by atomic mass is 10.1. The van der Waals surface area contributed by atoms with Gasteiger partial charge in [0, 0.05) is 25.0 Å². The van der Waals surface area contributed by atoms with Crippen molar-refractivity contribution < 1.29 is 0 Å². The number of hydrogen-bond donors (Lipinski definition) is 1. The topological polar surface area (TPSA) is 65.9 Å². The van der Waals surface area contributed by atoms with Crippen LogP contribution in [0, 0.1) is 11.3 Å². The molecular formula is C17H18N4. The van der Waals surface area contributed by atoms with E-state index in [2.05, 4.69) is 6.07 Å². The summed E-state index contributed by atoms with van der Waals surface area (Å²) in [6.45, 7) is 0.646. The molecule has 0 saturated heterocycles. The zero-order valence-electron chi connectivity index (χ0n) is 12.1. The molecule has 3 rings (SSSR count). The summed E-state index contributed by atoms with van der Waals surface area (Å²) in [5.41, 5.74) is 10.8. The van der Waals surface area contributed by atoms with E-state index in [0.29, 0.717) is 12.1 Å². The molecule has 0 radical (unpaired) electrons. The summed E-state index contributed by atoms with van der Waals surface area (Å²) < 4.78 is 0. The second-order valence-corrected chi connectivity index (χ2v) is 5.49. The Balaban J connectivity index is 1.93. The summed E-state index contributed by atoms with van der Waals surface area (Å²) in [6.07, 6.45) is 3.17. The molecular weight excluding hydrogens is 260 g/mol. The molecule has 1 aromatic heterocycles. The molecule has 0 bridgehead atoms. The van der Waals surface area contributed by atoms with E-state index in [9.17, 15) is 5.26 Å². The number of aromatic nitrogens is 1. The molecule has 0 saturated carbocycles. The summed E-state index contributed by atoms with van der Waals surface area (Å²) in [5, 5.41) is 9.38. The van der Waals surface area contributed by atoms with Crippen molar-refractivity contribution in [2.75, 3.05) is 17.7 Å². The maximum absolute atomic E-state index is 9.38. The average Bonchev–Trinajstić information content (AvgIpc) is 2.95. The molecule has 1 aliphatic carbocycles. The molecule has 0 fully saturated rings. The monoisotopic (exact) mass is 278 g/mol. The molecule has 4 heteroatoms. The first-order valence-electron chi connectivity index (χ1n) is 7.16. The highest BCUT2D eigenvalue weighted by atomic mass is 15.2. The molecule has 2 aromatic rings. The predicted molar refractivity (Wildman–Crippen MR) is 83.9 cm³/mol. The third-order valence-corrected chi connectivity index (χ3v) is 3.98. The number of nitrogen functional groups attached to an aromatic ring is 1. The molecule has 0 amide bonds. The number of rotatable bonds is 3. The van der Waals surface area contributed by atoms with Gasteiger partial charge >= 0.3 is 0 Å². The second kappa shape index (κ2) is 5.45. The van der Waals surface area contributed by atoms with Crippen LogP contribution in [0.5, 0.6) is 0 Å². The van der Waals surface area contributed by atoms with E-state index in [1.54, 1.807) is 0 Å². The van der Waals surface area contributed by atoms with Crippen molar-refractivity contribution >= 4 is 11.5 Å².